The molecule has 0 atom stereocenters. The molecule has 2 aliphatic rings. The first-order chi connectivity index (χ1) is 14.5. The van der Waals surface area contributed by atoms with Gasteiger partial charge in [-0.15, -0.1) is 0 Å². The first-order valence-corrected chi connectivity index (χ1v) is 10.7. The summed E-state index contributed by atoms with van der Waals surface area (Å²) in [6.45, 7) is 4.57. The van der Waals surface area contributed by atoms with Crippen molar-refractivity contribution in [1.82, 2.24) is 19.8 Å². The zero-order valence-corrected chi connectivity index (χ0v) is 17.9. The second kappa shape index (κ2) is 7.47. The Kier molecular flexibility index (Phi) is 4.77. The quantitative estimate of drug-likeness (QED) is 0.634. The number of aryl methyl sites for hydroxylation is 2. The van der Waals surface area contributed by atoms with Gasteiger partial charge >= 0.3 is 0 Å². The fourth-order valence-electron chi connectivity index (χ4n) is 4.11. The van der Waals surface area contributed by atoms with E-state index in [0.29, 0.717) is 46.6 Å². The number of benzene rings is 1. The molecule has 30 heavy (non-hydrogen) atoms. The highest BCUT2D eigenvalue weighted by atomic mass is 35.5. The van der Waals surface area contributed by atoms with Crippen molar-refractivity contribution in [2.45, 2.75) is 25.7 Å². The highest BCUT2D eigenvalue weighted by molar-refractivity contribution is 6.33. The summed E-state index contributed by atoms with van der Waals surface area (Å²) in [6, 6.07) is 9.58. The Bertz CT molecular complexity index is 1090. The summed E-state index contributed by atoms with van der Waals surface area (Å²) >= 11 is 6.34. The van der Waals surface area contributed by atoms with Gasteiger partial charge in [-0.3, -0.25) is 9.48 Å². The van der Waals surface area contributed by atoms with E-state index in [2.05, 4.69) is 21.2 Å². The van der Waals surface area contributed by atoms with Gasteiger partial charge in [0.2, 0.25) is 0 Å². The van der Waals surface area contributed by atoms with Gasteiger partial charge < -0.3 is 14.3 Å². The van der Waals surface area contributed by atoms with Gasteiger partial charge in [-0.05, 0) is 25.8 Å². The second-order valence-corrected chi connectivity index (χ2v) is 8.45. The predicted octanol–water partition coefficient (Wildman–Crippen LogP) is 3.88. The first-order valence-electron chi connectivity index (χ1n) is 10.3. The van der Waals surface area contributed by atoms with E-state index in [-0.39, 0.29) is 5.91 Å². The minimum Gasteiger partial charge on any atom is -0.360 e. The molecule has 0 unspecified atom stereocenters. The number of aromatic nitrogens is 3. The zero-order valence-electron chi connectivity index (χ0n) is 17.1. The van der Waals surface area contributed by atoms with Crippen molar-refractivity contribution in [2.24, 2.45) is 7.05 Å². The first kappa shape index (κ1) is 19.2. The molecular weight excluding hydrogens is 402 g/mol. The van der Waals surface area contributed by atoms with E-state index in [0.717, 1.165) is 18.9 Å². The van der Waals surface area contributed by atoms with Gasteiger partial charge in [0.15, 0.2) is 0 Å². The molecular formula is C22H24ClN5O2. The summed E-state index contributed by atoms with van der Waals surface area (Å²) < 4.78 is 7.34. The van der Waals surface area contributed by atoms with Crippen molar-refractivity contribution in [3.63, 3.8) is 0 Å². The molecule has 3 aromatic rings. The van der Waals surface area contributed by atoms with Crippen LogP contribution in [0.15, 0.2) is 34.9 Å². The molecule has 5 rings (SSSR count). The van der Waals surface area contributed by atoms with Crippen LogP contribution >= 0.6 is 11.6 Å². The molecule has 1 aromatic carbocycles. The monoisotopic (exact) mass is 425 g/mol. The smallest absolute Gasteiger partial charge is 0.259 e. The lowest BCUT2D eigenvalue weighted by molar-refractivity contribution is 0.0745. The summed E-state index contributed by atoms with van der Waals surface area (Å²) in [7, 11) is 2.00. The lowest BCUT2D eigenvalue weighted by atomic mass is 10.0. The normalized spacial score (nSPS) is 16.9. The molecule has 1 amide bonds. The molecule has 0 N–H and O–H groups in total. The van der Waals surface area contributed by atoms with Gasteiger partial charge in [0, 0.05) is 50.8 Å². The number of halogens is 1. The highest BCUT2D eigenvalue weighted by Crippen LogP contribution is 2.40. The SMILES string of the molecule is Cc1onc(-c2ccccc2Cl)c1C(=O)N1CCN(c2cc(C3CC3)nn2C)CC1. The van der Waals surface area contributed by atoms with Crippen LogP contribution in [0.4, 0.5) is 5.82 Å². The summed E-state index contributed by atoms with van der Waals surface area (Å²) in [5.74, 6) is 2.21. The van der Waals surface area contributed by atoms with Crippen molar-refractivity contribution < 1.29 is 9.32 Å². The third-order valence-corrected chi connectivity index (χ3v) is 6.30. The van der Waals surface area contributed by atoms with Crippen molar-refractivity contribution in [3.8, 4) is 11.3 Å². The molecule has 2 aromatic heterocycles. The second-order valence-electron chi connectivity index (χ2n) is 8.05. The Balaban J connectivity index is 1.33. The van der Waals surface area contributed by atoms with Gasteiger partial charge in [-0.25, -0.2) is 0 Å². The Hall–Kier alpha value is -2.80. The fourth-order valence-corrected chi connectivity index (χ4v) is 4.34. The van der Waals surface area contributed by atoms with Crippen molar-refractivity contribution in [2.75, 3.05) is 31.1 Å². The number of nitrogens with zero attached hydrogens (tertiary/aromatic N) is 5. The molecule has 1 saturated heterocycles. The maximum Gasteiger partial charge on any atom is 0.259 e. The van der Waals surface area contributed by atoms with E-state index in [9.17, 15) is 4.79 Å². The number of amides is 1. The Morgan fingerprint density at radius 1 is 1.17 bits per heavy atom. The third kappa shape index (κ3) is 3.37. The predicted molar refractivity (Wildman–Crippen MR) is 115 cm³/mol. The van der Waals surface area contributed by atoms with Crippen LogP contribution in [0.3, 0.4) is 0 Å². The van der Waals surface area contributed by atoms with Gasteiger partial charge in [-0.2, -0.15) is 5.10 Å². The lowest BCUT2D eigenvalue weighted by Crippen LogP contribution is -2.49. The Morgan fingerprint density at radius 3 is 2.60 bits per heavy atom. The molecule has 1 aliphatic heterocycles. The van der Waals surface area contributed by atoms with E-state index >= 15 is 0 Å². The van der Waals surface area contributed by atoms with Crippen molar-refractivity contribution in [1.29, 1.82) is 0 Å². The summed E-state index contributed by atoms with van der Waals surface area (Å²) in [6.07, 6.45) is 2.48. The molecule has 7 nitrogen and oxygen atoms in total. The van der Waals surface area contributed by atoms with E-state index in [4.69, 9.17) is 16.1 Å². The summed E-state index contributed by atoms with van der Waals surface area (Å²) in [5, 5.41) is 9.35. The number of carbonyl (C=O) groups excluding carboxylic acids is 1. The van der Waals surface area contributed by atoms with Crippen LogP contribution in [-0.4, -0.2) is 51.9 Å². The van der Waals surface area contributed by atoms with Crippen molar-refractivity contribution >= 4 is 23.3 Å². The number of hydrogen-bond acceptors (Lipinski definition) is 5. The molecule has 0 spiro atoms. The molecule has 3 heterocycles. The highest BCUT2D eigenvalue weighted by Gasteiger charge is 2.31. The van der Waals surface area contributed by atoms with Crippen LogP contribution in [0, 0.1) is 6.92 Å². The maximum atomic E-state index is 13.3. The topological polar surface area (TPSA) is 67.4 Å². The molecule has 1 aliphatic carbocycles. The summed E-state index contributed by atoms with van der Waals surface area (Å²) in [4.78, 5) is 17.5. The average Bonchev–Trinajstić information content (AvgIpc) is 3.43. The summed E-state index contributed by atoms with van der Waals surface area (Å²) in [5.41, 5.74) is 2.90. The number of hydrogen-bond donors (Lipinski definition) is 0. The van der Waals surface area contributed by atoms with Crippen molar-refractivity contribution in [3.05, 3.63) is 52.4 Å². The van der Waals surface area contributed by atoms with E-state index in [1.54, 1.807) is 13.0 Å². The van der Waals surface area contributed by atoms with Crippen LogP contribution < -0.4 is 4.90 Å². The third-order valence-electron chi connectivity index (χ3n) is 5.97. The lowest BCUT2D eigenvalue weighted by Gasteiger charge is -2.35. The molecule has 2 fully saturated rings. The molecule has 8 heteroatoms. The van der Waals surface area contributed by atoms with E-state index < -0.39 is 0 Å². The van der Waals surface area contributed by atoms with Gasteiger partial charge in [0.05, 0.1) is 10.7 Å². The largest absolute Gasteiger partial charge is 0.360 e. The number of piperazine rings is 1. The van der Waals surface area contributed by atoms with Gasteiger partial charge in [0.1, 0.15) is 22.8 Å². The van der Waals surface area contributed by atoms with Crippen LogP contribution in [0.2, 0.25) is 5.02 Å². The van der Waals surface area contributed by atoms with Gasteiger partial charge in [0.25, 0.3) is 5.91 Å². The number of rotatable bonds is 4. The molecule has 1 saturated carbocycles. The van der Waals surface area contributed by atoms with Crippen LogP contribution in [-0.2, 0) is 7.05 Å². The number of carbonyl (C=O) groups is 1. The van der Waals surface area contributed by atoms with E-state index in [1.807, 2.05) is 34.8 Å². The zero-order chi connectivity index (χ0) is 20.8. The molecule has 156 valence electrons. The number of anilines is 1. The van der Waals surface area contributed by atoms with E-state index in [1.165, 1.54) is 18.5 Å². The molecule has 0 bridgehead atoms. The Labute approximate surface area is 180 Å². The Morgan fingerprint density at radius 2 is 1.90 bits per heavy atom. The van der Waals surface area contributed by atoms with Crippen LogP contribution in [0.25, 0.3) is 11.3 Å². The standard InChI is InChI=1S/C22H24ClN5O2/c1-14-20(21(25-30-14)16-5-3-4-6-17(16)23)22(29)28-11-9-27(10-12-28)19-13-18(15-7-8-15)24-26(19)2/h3-6,13,15H,7-12H2,1-2H3. The van der Waals surface area contributed by atoms with Gasteiger partial charge in [-0.1, -0.05) is 35.0 Å². The maximum absolute atomic E-state index is 13.3. The van der Waals surface area contributed by atoms with Crippen LogP contribution in [0.1, 0.15) is 40.6 Å². The minimum absolute atomic E-state index is 0.0630. The fraction of sp³-hybridized carbons (Fsp3) is 0.409. The van der Waals surface area contributed by atoms with Crippen LogP contribution in [0.5, 0.6) is 0 Å². The average molecular weight is 426 g/mol. The minimum atomic E-state index is -0.0630. The molecule has 0 radical (unpaired) electrons.